The summed E-state index contributed by atoms with van der Waals surface area (Å²) in [6, 6.07) is 4.14. The summed E-state index contributed by atoms with van der Waals surface area (Å²) in [5.74, 6) is 0.847. The van der Waals surface area contributed by atoms with Crippen molar-refractivity contribution in [3.63, 3.8) is 0 Å². The molecule has 3 rings (SSSR count). The first-order valence-electron chi connectivity index (χ1n) is 5.29. The maximum Gasteiger partial charge on any atom is 0.407 e. The van der Waals surface area contributed by atoms with Gasteiger partial charge in [-0.25, -0.2) is 4.79 Å². The predicted octanol–water partition coefficient (Wildman–Crippen LogP) is 0.418. The Balaban J connectivity index is 1.79. The maximum absolute atomic E-state index is 10.9. The number of fused-ring (bicyclic) bond motifs is 2. The highest BCUT2D eigenvalue weighted by Crippen LogP contribution is 2.33. The molecule has 1 aromatic rings. The molecule has 84 valence electrons. The Kier molecular flexibility index (Phi) is 1.95. The van der Waals surface area contributed by atoms with Crippen LogP contribution in [0.2, 0.25) is 0 Å². The van der Waals surface area contributed by atoms with Crippen molar-refractivity contribution in [2.24, 2.45) is 0 Å². The van der Waals surface area contributed by atoms with E-state index in [1.165, 1.54) is 4.90 Å². The zero-order valence-corrected chi connectivity index (χ0v) is 8.65. The van der Waals surface area contributed by atoms with E-state index in [0.29, 0.717) is 6.54 Å². The van der Waals surface area contributed by atoms with Gasteiger partial charge in [-0.3, -0.25) is 0 Å². The molecule has 0 aromatic carbocycles. The lowest BCUT2D eigenvalue weighted by Gasteiger charge is -2.32. The van der Waals surface area contributed by atoms with Gasteiger partial charge in [-0.2, -0.15) is 5.10 Å². The van der Waals surface area contributed by atoms with E-state index >= 15 is 0 Å². The summed E-state index contributed by atoms with van der Waals surface area (Å²) in [5.41, 5.74) is 0. The largest absolute Gasteiger partial charge is 0.465 e. The van der Waals surface area contributed by atoms with Crippen LogP contribution in [-0.2, 0) is 0 Å². The molecule has 0 aliphatic carbocycles. The van der Waals surface area contributed by atoms with Crippen molar-refractivity contribution >= 4 is 11.9 Å². The summed E-state index contributed by atoms with van der Waals surface area (Å²) in [7, 11) is 0. The minimum Gasteiger partial charge on any atom is -0.465 e. The van der Waals surface area contributed by atoms with Crippen LogP contribution in [0.5, 0.6) is 0 Å². The zero-order chi connectivity index (χ0) is 11.1. The molecule has 2 bridgehead atoms. The number of hydrogen-bond donors (Lipinski definition) is 1. The van der Waals surface area contributed by atoms with Crippen molar-refractivity contribution in [2.45, 2.75) is 18.5 Å². The highest BCUT2D eigenvalue weighted by atomic mass is 16.4. The predicted molar refractivity (Wildman–Crippen MR) is 56.3 cm³/mol. The van der Waals surface area contributed by atoms with E-state index in [1.54, 1.807) is 6.20 Å². The summed E-state index contributed by atoms with van der Waals surface area (Å²) in [4.78, 5) is 14.6. The zero-order valence-electron chi connectivity index (χ0n) is 8.65. The minimum atomic E-state index is -0.814. The van der Waals surface area contributed by atoms with Crippen molar-refractivity contribution in [2.75, 3.05) is 18.0 Å². The summed E-state index contributed by atoms with van der Waals surface area (Å²) < 4.78 is 0. The van der Waals surface area contributed by atoms with Crippen LogP contribution in [0.4, 0.5) is 10.6 Å². The lowest BCUT2D eigenvalue weighted by Crippen LogP contribution is -2.48. The lowest BCUT2D eigenvalue weighted by molar-refractivity contribution is 0.137. The molecule has 6 nitrogen and oxygen atoms in total. The molecule has 0 saturated carbocycles. The Labute approximate surface area is 92.5 Å². The second-order valence-electron chi connectivity index (χ2n) is 4.21. The van der Waals surface area contributed by atoms with Crippen LogP contribution in [0, 0.1) is 0 Å². The van der Waals surface area contributed by atoms with E-state index in [0.717, 1.165) is 18.8 Å². The Morgan fingerprint density at radius 3 is 2.88 bits per heavy atom. The molecule has 2 saturated heterocycles. The molecule has 1 amide bonds. The number of carbonyl (C=O) groups is 1. The first-order chi connectivity index (χ1) is 7.75. The normalized spacial score (nSPS) is 27.5. The monoisotopic (exact) mass is 220 g/mol. The Bertz CT molecular complexity index is 411. The van der Waals surface area contributed by atoms with E-state index in [1.807, 2.05) is 12.1 Å². The third-order valence-electron chi connectivity index (χ3n) is 3.34. The van der Waals surface area contributed by atoms with Crippen molar-refractivity contribution < 1.29 is 9.90 Å². The minimum absolute atomic E-state index is 0.115. The van der Waals surface area contributed by atoms with Crippen molar-refractivity contribution in [1.82, 2.24) is 15.1 Å². The van der Waals surface area contributed by atoms with Crippen LogP contribution in [0.25, 0.3) is 0 Å². The van der Waals surface area contributed by atoms with Gasteiger partial charge in [0.25, 0.3) is 0 Å². The summed E-state index contributed by atoms with van der Waals surface area (Å²) in [5, 5.41) is 16.9. The van der Waals surface area contributed by atoms with E-state index in [4.69, 9.17) is 5.11 Å². The highest BCUT2D eigenvalue weighted by Gasteiger charge is 2.45. The Hall–Kier alpha value is -1.85. The number of piperazine rings is 1. The van der Waals surface area contributed by atoms with Crippen LogP contribution in [0.1, 0.15) is 6.42 Å². The van der Waals surface area contributed by atoms with Gasteiger partial charge in [0, 0.05) is 19.3 Å². The van der Waals surface area contributed by atoms with Gasteiger partial charge in [0.15, 0.2) is 5.82 Å². The second-order valence-corrected chi connectivity index (χ2v) is 4.21. The average molecular weight is 220 g/mol. The number of rotatable bonds is 1. The fourth-order valence-corrected chi connectivity index (χ4v) is 2.63. The van der Waals surface area contributed by atoms with Gasteiger partial charge in [0.1, 0.15) is 0 Å². The molecular formula is C10H12N4O2. The van der Waals surface area contributed by atoms with Crippen molar-refractivity contribution in [3.05, 3.63) is 18.3 Å². The third kappa shape index (κ3) is 1.30. The number of carboxylic acid groups (broad SMARTS) is 1. The molecule has 6 heteroatoms. The molecule has 0 unspecified atom stereocenters. The van der Waals surface area contributed by atoms with Crippen molar-refractivity contribution in [1.29, 1.82) is 0 Å². The topological polar surface area (TPSA) is 69.6 Å². The molecule has 0 spiro atoms. The van der Waals surface area contributed by atoms with Gasteiger partial charge >= 0.3 is 6.09 Å². The molecule has 2 aliphatic heterocycles. The molecule has 2 atom stereocenters. The van der Waals surface area contributed by atoms with Gasteiger partial charge in [0.2, 0.25) is 0 Å². The maximum atomic E-state index is 10.9. The Morgan fingerprint density at radius 1 is 1.44 bits per heavy atom. The van der Waals surface area contributed by atoms with Crippen LogP contribution < -0.4 is 4.90 Å². The smallest absolute Gasteiger partial charge is 0.407 e. The first kappa shape index (κ1) is 9.38. The SMILES string of the molecule is O=C(O)N1C[C@H]2C[C@@H]1CN2c1cccnn1. The van der Waals surface area contributed by atoms with Crippen molar-refractivity contribution in [3.8, 4) is 0 Å². The van der Waals surface area contributed by atoms with Gasteiger partial charge in [-0.15, -0.1) is 5.10 Å². The van der Waals surface area contributed by atoms with Crippen LogP contribution in [0.3, 0.4) is 0 Å². The Morgan fingerprint density at radius 2 is 2.31 bits per heavy atom. The third-order valence-corrected chi connectivity index (χ3v) is 3.34. The van der Waals surface area contributed by atoms with Crippen LogP contribution >= 0.6 is 0 Å². The second kappa shape index (κ2) is 3.33. The number of anilines is 1. The fourth-order valence-electron chi connectivity index (χ4n) is 2.63. The number of amides is 1. The first-order valence-corrected chi connectivity index (χ1v) is 5.29. The molecule has 1 aromatic heterocycles. The van der Waals surface area contributed by atoms with E-state index < -0.39 is 6.09 Å². The molecular weight excluding hydrogens is 208 g/mol. The van der Waals surface area contributed by atoms with Gasteiger partial charge in [0.05, 0.1) is 12.1 Å². The van der Waals surface area contributed by atoms with E-state index in [9.17, 15) is 4.79 Å². The standard InChI is InChI=1S/C10H12N4O2/c15-10(16)14-6-7-4-8(14)5-13(7)9-2-1-3-11-12-9/h1-3,7-8H,4-6H2,(H,15,16)/t7-,8-/m1/s1. The number of aromatic nitrogens is 2. The van der Waals surface area contributed by atoms with Crippen LogP contribution in [0.15, 0.2) is 18.3 Å². The summed E-state index contributed by atoms with van der Waals surface area (Å²) >= 11 is 0. The summed E-state index contributed by atoms with van der Waals surface area (Å²) in [6.45, 7) is 1.31. The number of likely N-dealkylation sites (tertiary alicyclic amines) is 1. The lowest BCUT2D eigenvalue weighted by atomic mass is 10.2. The fraction of sp³-hybridized carbons (Fsp3) is 0.500. The van der Waals surface area contributed by atoms with Crippen LogP contribution in [-0.4, -0.2) is 51.5 Å². The number of nitrogens with zero attached hydrogens (tertiary/aromatic N) is 4. The number of hydrogen-bond acceptors (Lipinski definition) is 4. The van der Waals surface area contributed by atoms with Gasteiger partial charge < -0.3 is 14.9 Å². The highest BCUT2D eigenvalue weighted by molar-refractivity contribution is 5.67. The molecule has 0 radical (unpaired) electrons. The average Bonchev–Trinajstić information content (AvgIpc) is 2.89. The van der Waals surface area contributed by atoms with E-state index in [2.05, 4.69) is 15.1 Å². The molecule has 3 heterocycles. The molecule has 1 N–H and O–H groups in total. The van der Waals surface area contributed by atoms with E-state index in [-0.39, 0.29) is 12.1 Å². The van der Waals surface area contributed by atoms with Gasteiger partial charge in [-0.1, -0.05) is 0 Å². The molecule has 16 heavy (non-hydrogen) atoms. The molecule has 2 aliphatic rings. The quantitative estimate of drug-likeness (QED) is 0.742. The summed E-state index contributed by atoms with van der Waals surface area (Å²) in [6.07, 6.45) is 1.73. The molecule has 2 fully saturated rings. The van der Waals surface area contributed by atoms with Gasteiger partial charge in [-0.05, 0) is 18.6 Å².